The van der Waals surface area contributed by atoms with E-state index in [2.05, 4.69) is 72.4 Å². The van der Waals surface area contributed by atoms with Crippen molar-refractivity contribution in [2.75, 3.05) is 40.4 Å². The Bertz CT molecular complexity index is 747. The predicted molar refractivity (Wildman–Crippen MR) is 112 cm³/mol. The van der Waals surface area contributed by atoms with E-state index in [0.717, 1.165) is 53.0 Å². The van der Waals surface area contributed by atoms with Crippen LogP contribution in [0.3, 0.4) is 0 Å². The fraction of sp³-hybridized carbons (Fsp3) is 0.400. The molecule has 0 radical (unpaired) electrons. The maximum Gasteiger partial charge on any atom is 0.161 e. The van der Waals surface area contributed by atoms with Crippen LogP contribution < -0.4 is 14.8 Å². The minimum atomic E-state index is 0.140. The number of rotatable bonds is 5. The van der Waals surface area contributed by atoms with Crippen LogP contribution in [-0.4, -0.2) is 45.3 Å². The molecule has 1 aliphatic rings. The summed E-state index contributed by atoms with van der Waals surface area (Å²) in [5.74, 6) is 1.48. The summed E-state index contributed by atoms with van der Waals surface area (Å²) in [6.07, 6.45) is 1.13. The van der Waals surface area contributed by atoms with Crippen molar-refractivity contribution in [3.05, 3.63) is 56.5 Å². The van der Waals surface area contributed by atoms with E-state index in [1.165, 1.54) is 11.1 Å². The second-order valence-corrected chi connectivity index (χ2v) is 8.10. The van der Waals surface area contributed by atoms with Crippen LogP contribution in [0.25, 0.3) is 0 Å². The Kier molecular flexibility index (Phi) is 6.98. The van der Waals surface area contributed by atoms with E-state index in [1.807, 2.05) is 6.07 Å². The molecule has 1 saturated heterocycles. The molecule has 140 valence electrons. The van der Waals surface area contributed by atoms with Gasteiger partial charge in [-0.3, -0.25) is 4.90 Å². The van der Waals surface area contributed by atoms with E-state index >= 15 is 0 Å². The molecule has 2 aromatic carbocycles. The van der Waals surface area contributed by atoms with Crippen LogP contribution in [0.4, 0.5) is 0 Å². The van der Waals surface area contributed by atoms with E-state index in [0.29, 0.717) is 0 Å². The highest BCUT2D eigenvalue weighted by Gasteiger charge is 2.26. The Morgan fingerprint density at radius 1 is 1.00 bits per heavy atom. The predicted octanol–water partition coefficient (Wildman–Crippen LogP) is 4.61. The molecular formula is C20H24Br2N2O2. The Morgan fingerprint density at radius 3 is 2.50 bits per heavy atom. The van der Waals surface area contributed by atoms with E-state index in [9.17, 15) is 0 Å². The van der Waals surface area contributed by atoms with Gasteiger partial charge in [-0.2, -0.15) is 0 Å². The molecule has 0 aliphatic carbocycles. The molecule has 2 aromatic rings. The molecule has 3 rings (SSSR count). The first-order valence-electron chi connectivity index (χ1n) is 8.75. The molecule has 0 bridgehead atoms. The lowest BCUT2D eigenvalue weighted by Crippen LogP contribution is -2.33. The number of hydrogen-bond acceptors (Lipinski definition) is 4. The average molecular weight is 484 g/mol. The molecular weight excluding hydrogens is 460 g/mol. The zero-order valence-corrected chi connectivity index (χ0v) is 18.3. The van der Waals surface area contributed by atoms with E-state index < -0.39 is 0 Å². The van der Waals surface area contributed by atoms with Gasteiger partial charge in [0.15, 0.2) is 11.5 Å². The molecule has 0 amide bonds. The fourth-order valence-corrected chi connectivity index (χ4v) is 4.42. The van der Waals surface area contributed by atoms with Gasteiger partial charge in [0, 0.05) is 28.6 Å². The molecule has 1 fully saturated rings. The summed E-state index contributed by atoms with van der Waals surface area (Å²) in [6, 6.07) is 12.8. The van der Waals surface area contributed by atoms with Gasteiger partial charge in [0.2, 0.25) is 0 Å². The summed E-state index contributed by atoms with van der Waals surface area (Å²) in [5, 5.41) is 3.49. The SMILES string of the molecule is COc1cc(Br)c(C(c2cccc(Br)c2)N2CCCNCC2)cc1OC. The third-order valence-corrected chi connectivity index (χ3v) is 5.88. The van der Waals surface area contributed by atoms with E-state index in [-0.39, 0.29) is 6.04 Å². The summed E-state index contributed by atoms with van der Waals surface area (Å²) in [7, 11) is 3.34. The van der Waals surface area contributed by atoms with Gasteiger partial charge < -0.3 is 14.8 Å². The van der Waals surface area contributed by atoms with Gasteiger partial charge in [-0.1, -0.05) is 44.0 Å². The molecule has 1 aliphatic heterocycles. The van der Waals surface area contributed by atoms with Crippen molar-refractivity contribution in [3.8, 4) is 11.5 Å². The highest BCUT2D eigenvalue weighted by molar-refractivity contribution is 9.10. The smallest absolute Gasteiger partial charge is 0.161 e. The standard InChI is InChI=1S/C20H24Br2N2O2/c1-25-18-12-16(17(22)13-19(18)26-2)20(14-5-3-6-15(21)11-14)24-9-4-7-23-8-10-24/h3,5-6,11-13,20,23H,4,7-10H2,1-2H3. The first kappa shape index (κ1) is 19.7. The summed E-state index contributed by atoms with van der Waals surface area (Å²) in [4.78, 5) is 2.54. The van der Waals surface area contributed by atoms with Gasteiger partial charge in [-0.25, -0.2) is 0 Å². The van der Waals surface area contributed by atoms with Crippen molar-refractivity contribution in [1.82, 2.24) is 10.2 Å². The molecule has 4 nitrogen and oxygen atoms in total. The lowest BCUT2D eigenvalue weighted by molar-refractivity contribution is 0.239. The van der Waals surface area contributed by atoms with Crippen LogP contribution in [0.5, 0.6) is 11.5 Å². The van der Waals surface area contributed by atoms with Crippen molar-refractivity contribution in [2.24, 2.45) is 0 Å². The van der Waals surface area contributed by atoms with Crippen molar-refractivity contribution in [2.45, 2.75) is 12.5 Å². The van der Waals surface area contributed by atoms with Gasteiger partial charge in [0.05, 0.1) is 20.3 Å². The normalized spacial score (nSPS) is 16.8. The quantitative estimate of drug-likeness (QED) is 0.673. The van der Waals surface area contributed by atoms with Crippen LogP contribution >= 0.6 is 31.9 Å². The van der Waals surface area contributed by atoms with Crippen LogP contribution in [0.15, 0.2) is 45.3 Å². The van der Waals surface area contributed by atoms with Crippen LogP contribution in [0.1, 0.15) is 23.6 Å². The van der Waals surface area contributed by atoms with Crippen LogP contribution in [0.2, 0.25) is 0 Å². The zero-order valence-electron chi connectivity index (χ0n) is 15.1. The lowest BCUT2D eigenvalue weighted by atomic mass is 9.96. The topological polar surface area (TPSA) is 33.7 Å². The Morgan fingerprint density at radius 2 is 1.77 bits per heavy atom. The average Bonchev–Trinajstić information content (AvgIpc) is 2.92. The Balaban J connectivity index is 2.11. The summed E-state index contributed by atoms with van der Waals surface area (Å²) >= 11 is 7.39. The summed E-state index contributed by atoms with van der Waals surface area (Å²) in [5.41, 5.74) is 2.44. The minimum absolute atomic E-state index is 0.140. The molecule has 0 aromatic heterocycles. The molecule has 1 unspecified atom stereocenters. The Hall–Kier alpha value is -1.08. The van der Waals surface area contributed by atoms with Crippen molar-refractivity contribution >= 4 is 31.9 Å². The van der Waals surface area contributed by atoms with Gasteiger partial charge in [0.1, 0.15) is 0 Å². The number of nitrogens with zero attached hydrogens (tertiary/aromatic N) is 1. The van der Waals surface area contributed by atoms with Crippen LogP contribution in [-0.2, 0) is 0 Å². The van der Waals surface area contributed by atoms with Crippen LogP contribution in [0, 0.1) is 0 Å². The number of halogens is 2. The maximum absolute atomic E-state index is 5.57. The second kappa shape index (κ2) is 9.22. The van der Waals surface area contributed by atoms with E-state index in [1.54, 1.807) is 14.2 Å². The first-order valence-corrected chi connectivity index (χ1v) is 10.3. The molecule has 1 atom stereocenters. The van der Waals surface area contributed by atoms with Gasteiger partial charge >= 0.3 is 0 Å². The largest absolute Gasteiger partial charge is 0.493 e. The maximum atomic E-state index is 5.57. The van der Waals surface area contributed by atoms with Crippen molar-refractivity contribution in [1.29, 1.82) is 0 Å². The van der Waals surface area contributed by atoms with Gasteiger partial charge in [0.25, 0.3) is 0 Å². The number of nitrogens with one attached hydrogen (secondary N) is 1. The monoisotopic (exact) mass is 482 g/mol. The van der Waals surface area contributed by atoms with Gasteiger partial charge in [-0.15, -0.1) is 0 Å². The second-order valence-electron chi connectivity index (χ2n) is 6.33. The molecule has 0 saturated carbocycles. The third-order valence-electron chi connectivity index (χ3n) is 4.70. The Labute approximate surface area is 172 Å². The van der Waals surface area contributed by atoms with Gasteiger partial charge in [-0.05, 0) is 48.4 Å². The number of hydrogen-bond donors (Lipinski definition) is 1. The number of methoxy groups -OCH3 is 2. The summed E-state index contributed by atoms with van der Waals surface area (Å²) in [6.45, 7) is 4.10. The molecule has 1 N–H and O–H groups in total. The fourth-order valence-electron chi connectivity index (χ4n) is 3.47. The summed E-state index contributed by atoms with van der Waals surface area (Å²) < 4.78 is 13.1. The highest BCUT2D eigenvalue weighted by Crippen LogP contribution is 2.40. The molecule has 6 heteroatoms. The van der Waals surface area contributed by atoms with Crippen molar-refractivity contribution < 1.29 is 9.47 Å². The first-order chi connectivity index (χ1) is 12.6. The third kappa shape index (κ3) is 4.42. The molecule has 0 spiro atoms. The molecule has 1 heterocycles. The highest BCUT2D eigenvalue weighted by atomic mass is 79.9. The number of benzene rings is 2. The number of ether oxygens (including phenoxy) is 2. The van der Waals surface area contributed by atoms with E-state index in [4.69, 9.17) is 9.47 Å². The minimum Gasteiger partial charge on any atom is -0.493 e. The molecule has 26 heavy (non-hydrogen) atoms. The van der Waals surface area contributed by atoms with Crippen molar-refractivity contribution in [3.63, 3.8) is 0 Å². The lowest BCUT2D eigenvalue weighted by Gasteiger charge is -2.32. The zero-order chi connectivity index (χ0) is 18.5.